The molecule has 0 bridgehead atoms. The monoisotopic (exact) mass is 314 g/mol. The lowest BCUT2D eigenvalue weighted by Crippen LogP contribution is -1.97. The number of rotatable bonds is 1. The normalized spacial score (nSPS) is 10.9. The molecule has 0 atom stereocenters. The van der Waals surface area contributed by atoms with Gasteiger partial charge in [0.05, 0.1) is 21.4 Å². The average Bonchev–Trinajstić information content (AvgIpc) is 2.49. The van der Waals surface area contributed by atoms with Gasteiger partial charge in [-0.05, 0) is 36.7 Å². The van der Waals surface area contributed by atoms with Crippen molar-refractivity contribution in [2.75, 3.05) is 0 Å². The van der Waals surface area contributed by atoms with Crippen LogP contribution in [-0.4, -0.2) is 19.7 Å². The predicted molar refractivity (Wildman–Crippen MR) is 71.2 cm³/mol. The molecule has 2 aromatic rings. The Balaban J connectivity index is 2.69. The van der Waals surface area contributed by atoms with E-state index in [0.29, 0.717) is 11.0 Å². The van der Waals surface area contributed by atoms with Gasteiger partial charge in [0, 0.05) is 12.7 Å². The lowest BCUT2D eigenvalue weighted by atomic mass is 10.2. The van der Waals surface area contributed by atoms with Gasteiger partial charge in [0.15, 0.2) is 5.82 Å². The van der Waals surface area contributed by atoms with Crippen LogP contribution in [0.2, 0.25) is 5.15 Å². The van der Waals surface area contributed by atoms with Crippen LogP contribution in [0, 0.1) is 20.8 Å². The molecule has 0 amide bonds. The number of nitrogens with zero attached hydrogens (tertiary/aromatic N) is 4. The zero-order valence-electron chi connectivity index (χ0n) is 10.0. The first-order chi connectivity index (χ1) is 7.91. The summed E-state index contributed by atoms with van der Waals surface area (Å²) in [5.41, 5.74) is 3.70. The minimum absolute atomic E-state index is 0.426. The second-order valence-corrected chi connectivity index (χ2v) is 5.06. The van der Waals surface area contributed by atoms with Crippen molar-refractivity contribution in [3.63, 3.8) is 0 Å². The van der Waals surface area contributed by atoms with E-state index in [4.69, 9.17) is 11.6 Å². The molecule has 90 valence electrons. The summed E-state index contributed by atoms with van der Waals surface area (Å²) in [4.78, 5) is 8.74. The molecule has 2 rings (SSSR count). The summed E-state index contributed by atoms with van der Waals surface area (Å²) in [6.07, 6.45) is 0. The molecule has 0 radical (unpaired) electrons. The van der Waals surface area contributed by atoms with Crippen LogP contribution in [0.1, 0.15) is 17.1 Å². The van der Waals surface area contributed by atoms with Crippen LogP contribution in [0.3, 0.4) is 0 Å². The van der Waals surface area contributed by atoms with Gasteiger partial charge < -0.3 is 0 Å². The van der Waals surface area contributed by atoms with Gasteiger partial charge in [0.25, 0.3) is 0 Å². The van der Waals surface area contributed by atoms with E-state index in [1.165, 1.54) is 0 Å². The fourth-order valence-electron chi connectivity index (χ4n) is 1.73. The smallest absolute Gasteiger partial charge is 0.164 e. The SMILES string of the molecule is Cc1nc(-c2c(C)nn(C)c2C)nc(Cl)c1Br. The molecule has 0 N–H and O–H groups in total. The molecule has 0 fully saturated rings. The molecule has 0 saturated carbocycles. The lowest BCUT2D eigenvalue weighted by molar-refractivity contribution is 0.731. The highest BCUT2D eigenvalue weighted by Crippen LogP contribution is 2.29. The zero-order chi connectivity index (χ0) is 12.7. The Labute approximate surface area is 113 Å². The van der Waals surface area contributed by atoms with Crippen molar-refractivity contribution < 1.29 is 0 Å². The van der Waals surface area contributed by atoms with Crippen molar-refractivity contribution in [2.24, 2.45) is 7.05 Å². The summed E-state index contributed by atoms with van der Waals surface area (Å²) in [6, 6.07) is 0. The molecule has 0 aliphatic carbocycles. The van der Waals surface area contributed by atoms with Crippen LogP contribution in [-0.2, 0) is 7.05 Å². The first-order valence-corrected chi connectivity index (χ1v) is 6.29. The van der Waals surface area contributed by atoms with Crippen molar-refractivity contribution in [3.8, 4) is 11.4 Å². The van der Waals surface area contributed by atoms with Crippen LogP contribution < -0.4 is 0 Å². The van der Waals surface area contributed by atoms with E-state index in [1.807, 2.05) is 32.5 Å². The van der Waals surface area contributed by atoms with Crippen LogP contribution in [0.15, 0.2) is 4.47 Å². The molecule has 0 aliphatic heterocycles. The minimum Gasteiger partial charge on any atom is -0.272 e. The number of hydrogen-bond acceptors (Lipinski definition) is 3. The predicted octanol–water partition coefficient (Wildman–Crippen LogP) is 3.22. The topological polar surface area (TPSA) is 43.6 Å². The van der Waals surface area contributed by atoms with Gasteiger partial charge in [-0.1, -0.05) is 11.6 Å². The average molecular weight is 316 g/mol. The van der Waals surface area contributed by atoms with E-state index >= 15 is 0 Å². The van der Waals surface area contributed by atoms with Crippen LogP contribution in [0.5, 0.6) is 0 Å². The summed E-state index contributed by atoms with van der Waals surface area (Å²) in [6.45, 7) is 5.82. The maximum absolute atomic E-state index is 6.06. The van der Waals surface area contributed by atoms with Gasteiger partial charge in [-0.15, -0.1) is 0 Å². The fourth-order valence-corrected chi connectivity index (χ4v) is 2.13. The fraction of sp³-hybridized carbons (Fsp3) is 0.364. The summed E-state index contributed by atoms with van der Waals surface area (Å²) in [7, 11) is 1.90. The third-order valence-electron chi connectivity index (χ3n) is 2.71. The molecular formula is C11H12BrClN4. The molecule has 2 heterocycles. The molecule has 0 aliphatic rings. The van der Waals surface area contributed by atoms with Gasteiger partial charge >= 0.3 is 0 Å². The first kappa shape index (κ1) is 12.5. The van der Waals surface area contributed by atoms with Crippen molar-refractivity contribution in [1.29, 1.82) is 0 Å². The second kappa shape index (κ2) is 4.38. The highest BCUT2D eigenvalue weighted by Gasteiger charge is 2.16. The Kier molecular flexibility index (Phi) is 3.23. The van der Waals surface area contributed by atoms with Crippen molar-refractivity contribution in [3.05, 3.63) is 26.7 Å². The maximum Gasteiger partial charge on any atom is 0.164 e. The molecule has 0 aromatic carbocycles. The first-order valence-electron chi connectivity index (χ1n) is 5.12. The number of halogens is 2. The van der Waals surface area contributed by atoms with E-state index in [-0.39, 0.29) is 0 Å². The van der Waals surface area contributed by atoms with Gasteiger partial charge in [-0.25, -0.2) is 9.97 Å². The Morgan fingerprint density at radius 2 is 1.76 bits per heavy atom. The van der Waals surface area contributed by atoms with Crippen molar-refractivity contribution in [1.82, 2.24) is 19.7 Å². The van der Waals surface area contributed by atoms with Crippen molar-refractivity contribution in [2.45, 2.75) is 20.8 Å². The molecular weight excluding hydrogens is 304 g/mol. The molecule has 4 nitrogen and oxygen atoms in total. The molecule has 6 heteroatoms. The highest BCUT2D eigenvalue weighted by atomic mass is 79.9. The van der Waals surface area contributed by atoms with Crippen LogP contribution in [0.25, 0.3) is 11.4 Å². The Morgan fingerprint density at radius 3 is 2.24 bits per heavy atom. The highest BCUT2D eigenvalue weighted by molar-refractivity contribution is 9.10. The Morgan fingerprint density at radius 1 is 1.12 bits per heavy atom. The van der Waals surface area contributed by atoms with Crippen molar-refractivity contribution >= 4 is 27.5 Å². The van der Waals surface area contributed by atoms with Gasteiger partial charge in [-0.3, -0.25) is 4.68 Å². The summed E-state index contributed by atoms with van der Waals surface area (Å²) in [5, 5.41) is 4.78. The molecule has 17 heavy (non-hydrogen) atoms. The van der Waals surface area contributed by atoms with Gasteiger partial charge in [-0.2, -0.15) is 5.10 Å². The summed E-state index contributed by atoms with van der Waals surface area (Å²) >= 11 is 9.41. The van der Waals surface area contributed by atoms with Crippen LogP contribution in [0.4, 0.5) is 0 Å². The lowest BCUT2D eigenvalue weighted by Gasteiger charge is -2.05. The largest absolute Gasteiger partial charge is 0.272 e. The van der Waals surface area contributed by atoms with Crippen LogP contribution >= 0.6 is 27.5 Å². The third-order valence-corrected chi connectivity index (χ3v) is 4.16. The van der Waals surface area contributed by atoms with E-state index in [1.54, 1.807) is 0 Å². The number of aryl methyl sites for hydroxylation is 3. The quantitative estimate of drug-likeness (QED) is 0.759. The standard InChI is InChI=1S/C11H12BrClN4/c1-5-8(7(3)17(4)16-5)11-14-6(2)9(12)10(13)15-11/h1-4H3. The molecule has 0 spiro atoms. The van der Waals surface area contributed by atoms with Gasteiger partial charge in [0.1, 0.15) is 5.15 Å². The van der Waals surface area contributed by atoms with E-state index in [0.717, 1.165) is 27.1 Å². The molecule has 2 aromatic heterocycles. The molecule has 0 saturated heterocycles. The number of hydrogen-bond donors (Lipinski definition) is 0. The number of aromatic nitrogens is 4. The van der Waals surface area contributed by atoms with E-state index < -0.39 is 0 Å². The Hall–Kier alpha value is -0.940. The molecule has 0 unspecified atom stereocenters. The Bertz CT molecular complexity index is 568. The summed E-state index contributed by atoms with van der Waals surface area (Å²) in [5.74, 6) is 0.624. The maximum atomic E-state index is 6.06. The van der Waals surface area contributed by atoms with Gasteiger partial charge in [0.2, 0.25) is 0 Å². The zero-order valence-corrected chi connectivity index (χ0v) is 12.4. The minimum atomic E-state index is 0.426. The van der Waals surface area contributed by atoms with E-state index in [2.05, 4.69) is 31.0 Å². The second-order valence-electron chi connectivity index (χ2n) is 3.91. The van der Waals surface area contributed by atoms with E-state index in [9.17, 15) is 0 Å². The third kappa shape index (κ3) is 2.09. The summed E-state index contributed by atoms with van der Waals surface area (Å²) < 4.78 is 2.56.